The molecule has 90 valence electrons. The van der Waals surface area contributed by atoms with E-state index in [1.165, 1.54) is 11.3 Å². The number of aromatic nitrogens is 1. The van der Waals surface area contributed by atoms with E-state index in [-0.39, 0.29) is 12.0 Å². The lowest BCUT2D eigenvalue weighted by Crippen LogP contribution is -2.27. The Kier molecular flexibility index (Phi) is 4.70. The van der Waals surface area contributed by atoms with Crippen molar-refractivity contribution in [2.45, 2.75) is 26.9 Å². The van der Waals surface area contributed by atoms with Gasteiger partial charge in [0.1, 0.15) is 4.88 Å². The van der Waals surface area contributed by atoms with Crippen LogP contribution in [0, 0.1) is 6.92 Å². The molecule has 0 bridgehead atoms. The highest BCUT2D eigenvalue weighted by Crippen LogP contribution is 2.18. The molecule has 0 saturated carbocycles. The first kappa shape index (κ1) is 12.9. The van der Waals surface area contributed by atoms with E-state index in [4.69, 9.17) is 10.5 Å². The third-order valence-corrected chi connectivity index (χ3v) is 2.84. The first-order valence-electron chi connectivity index (χ1n) is 5.13. The second-order valence-electron chi connectivity index (χ2n) is 3.64. The van der Waals surface area contributed by atoms with Crippen LogP contribution in [0.2, 0.25) is 0 Å². The number of nitrogen functional groups attached to an aromatic ring is 1. The van der Waals surface area contributed by atoms with Crippen LogP contribution in [0.4, 0.5) is 5.13 Å². The molecule has 1 aromatic heterocycles. The van der Waals surface area contributed by atoms with E-state index >= 15 is 0 Å². The maximum atomic E-state index is 11.7. The van der Waals surface area contributed by atoms with Gasteiger partial charge in [-0.2, -0.15) is 0 Å². The number of carbonyl (C=O) groups excluding carboxylic acids is 1. The summed E-state index contributed by atoms with van der Waals surface area (Å²) in [4.78, 5) is 16.2. The summed E-state index contributed by atoms with van der Waals surface area (Å²) in [5, 5.41) is 3.18. The maximum absolute atomic E-state index is 11.7. The predicted octanol–water partition coefficient (Wildman–Crippen LogP) is 1.19. The van der Waals surface area contributed by atoms with Gasteiger partial charge in [-0.05, 0) is 20.8 Å². The van der Waals surface area contributed by atoms with E-state index in [0.717, 1.165) is 0 Å². The molecule has 1 rings (SSSR count). The van der Waals surface area contributed by atoms with Gasteiger partial charge >= 0.3 is 0 Å². The van der Waals surface area contributed by atoms with Crippen molar-refractivity contribution in [1.82, 2.24) is 10.3 Å². The van der Waals surface area contributed by atoms with Gasteiger partial charge in [-0.15, -0.1) is 0 Å². The van der Waals surface area contributed by atoms with E-state index in [0.29, 0.717) is 28.9 Å². The number of rotatable bonds is 5. The van der Waals surface area contributed by atoms with E-state index in [1.54, 1.807) is 6.92 Å². The second kappa shape index (κ2) is 5.81. The number of hydrogen-bond donors (Lipinski definition) is 2. The molecule has 0 atom stereocenters. The van der Waals surface area contributed by atoms with Crippen molar-refractivity contribution < 1.29 is 9.53 Å². The monoisotopic (exact) mass is 243 g/mol. The van der Waals surface area contributed by atoms with Gasteiger partial charge in [0.25, 0.3) is 5.91 Å². The summed E-state index contributed by atoms with van der Waals surface area (Å²) in [6.45, 7) is 6.68. The third kappa shape index (κ3) is 3.79. The highest BCUT2D eigenvalue weighted by atomic mass is 32.1. The lowest BCUT2D eigenvalue weighted by atomic mass is 10.4. The smallest absolute Gasteiger partial charge is 0.263 e. The summed E-state index contributed by atoms with van der Waals surface area (Å²) < 4.78 is 5.31. The maximum Gasteiger partial charge on any atom is 0.263 e. The summed E-state index contributed by atoms with van der Waals surface area (Å²) >= 11 is 1.20. The molecule has 0 radical (unpaired) electrons. The van der Waals surface area contributed by atoms with Crippen LogP contribution in [-0.4, -0.2) is 30.1 Å². The molecular weight excluding hydrogens is 226 g/mol. The van der Waals surface area contributed by atoms with Crippen molar-refractivity contribution >= 4 is 22.4 Å². The minimum absolute atomic E-state index is 0.140. The van der Waals surface area contributed by atoms with Crippen LogP contribution < -0.4 is 11.1 Å². The summed E-state index contributed by atoms with van der Waals surface area (Å²) in [5.74, 6) is -0.140. The number of nitrogens with one attached hydrogen (secondary N) is 1. The molecule has 3 N–H and O–H groups in total. The number of thiazole rings is 1. The van der Waals surface area contributed by atoms with Crippen LogP contribution in [0.3, 0.4) is 0 Å². The molecule has 16 heavy (non-hydrogen) atoms. The fourth-order valence-corrected chi connectivity index (χ4v) is 1.92. The number of ether oxygens (including phenoxy) is 1. The van der Waals surface area contributed by atoms with Crippen molar-refractivity contribution in [1.29, 1.82) is 0 Å². The lowest BCUT2D eigenvalue weighted by molar-refractivity contribution is 0.0748. The number of nitrogens with zero attached hydrogens (tertiary/aromatic N) is 1. The standard InChI is InChI=1S/C10H17N3O2S/c1-6(2)15-5-4-12-9(14)8-7(3)13-10(11)16-8/h6H,4-5H2,1-3H3,(H2,11,13)(H,12,14). The molecule has 0 aromatic carbocycles. The zero-order valence-electron chi connectivity index (χ0n) is 9.74. The van der Waals surface area contributed by atoms with E-state index in [9.17, 15) is 4.79 Å². The van der Waals surface area contributed by atoms with Gasteiger partial charge in [-0.1, -0.05) is 11.3 Å². The number of nitrogens with two attached hydrogens (primary N) is 1. The number of aryl methyl sites for hydroxylation is 1. The van der Waals surface area contributed by atoms with Crippen LogP contribution in [0.5, 0.6) is 0 Å². The number of hydrogen-bond acceptors (Lipinski definition) is 5. The molecule has 6 heteroatoms. The first-order valence-corrected chi connectivity index (χ1v) is 5.95. The third-order valence-electron chi connectivity index (χ3n) is 1.86. The molecule has 1 amide bonds. The van der Waals surface area contributed by atoms with Gasteiger partial charge in [-0.25, -0.2) is 4.98 Å². The van der Waals surface area contributed by atoms with Gasteiger partial charge in [0, 0.05) is 6.54 Å². The fraction of sp³-hybridized carbons (Fsp3) is 0.600. The van der Waals surface area contributed by atoms with E-state index in [2.05, 4.69) is 10.3 Å². The number of carbonyl (C=O) groups is 1. The lowest BCUT2D eigenvalue weighted by Gasteiger charge is -2.07. The van der Waals surface area contributed by atoms with Gasteiger partial charge in [0.2, 0.25) is 0 Å². The van der Waals surface area contributed by atoms with Gasteiger partial charge in [0.15, 0.2) is 5.13 Å². The summed E-state index contributed by atoms with van der Waals surface area (Å²) in [7, 11) is 0. The molecule has 0 aliphatic carbocycles. The molecule has 0 spiro atoms. The Morgan fingerprint density at radius 2 is 2.31 bits per heavy atom. The van der Waals surface area contributed by atoms with Crippen molar-refractivity contribution in [3.8, 4) is 0 Å². The Labute approximate surface area is 99.0 Å². The summed E-state index contributed by atoms with van der Waals surface area (Å²) in [6.07, 6.45) is 0.178. The molecule has 0 unspecified atom stereocenters. The van der Waals surface area contributed by atoms with Crippen molar-refractivity contribution in [3.05, 3.63) is 10.6 Å². The van der Waals surface area contributed by atoms with Crippen LogP contribution in [-0.2, 0) is 4.74 Å². The average Bonchev–Trinajstić information content (AvgIpc) is 2.52. The van der Waals surface area contributed by atoms with Crippen LogP contribution in [0.25, 0.3) is 0 Å². The quantitative estimate of drug-likeness (QED) is 0.761. The number of amides is 1. The Morgan fingerprint density at radius 1 is 1.62 bits per heavy atom. The first-order chi connectivity index (χ1) is 7.50. The average molecular weight is 243 g/mol. The van der Waals surface area contributed by atoms with E-state index in [1.807, 2.05) is 13.8 Å². The fourth-order valence-electron chi connectivity index (χ4n) is 1.17. The largest absolute Gasteiger partial charge is 0.377 e. The van der Waals surface area contributed by atoms with Crippen LogP contribution in [0.1, 0.15) is 29.2 Å². The Hall–Kier alpha value is -1.14. The predicted molar refractivity (Wildman–Crippen MR) is 64.7 cm³/mol. The molecular formula is C10H17N3O2S. The van der Waals surface area contributed by atoms with Crippen molar-refractivity contribution in [2.75, 3.05) is 18.9 Å². The minimum Gasteiger partial charge on any atom is -0.377 e. The van der Waals surface area contributed by atoms with Gasteiger partial charge < -0.3 is 15.8 Å². The van der Waals surface area contributed by atoms with Crippen molar-refractivity contribution in [2.24, 2.45) is 0 Å². The minimum atomic E-state index is -0.140. The van der Waals surface area contributed by atoms with Crippen LogP contribution in [0.15, 0.2) is 0 Å². The van der Waals surface area contributed by atoms with E-state index < -0.39 is 0 Å². The normalized spacial score (nSPS) is 10.8. The summed E-state index contributed by atoms with van der Waals surface area (Å²) in [6, 6.07) is 0. The molecule has 0 aliphatic heterocycles. The molecule has 1 heterocycles. The zero-order valence-corrected chi connectivity index (χ0v) is 10.6. The zero-order chi connectivity index (χ0) is 12.1. The molecule has 0 aliphatic rings. The Morgan fingerprint density at radius 3 is 2.81 bits per heavy atom. The molecule has 0 fully saturated rings. The topological polar surface area (TPSA) is 77.2 Å². The van der Waals surface area contributed by atoms with Gasteiger partial charge in [-0.3, -0.25) is 4.79 Å². The molecule has 0 saturated heterocycles. The van der Waals surface area contributed by atoms with Crippen molar-refractivity contribution in [3.63, 3.8) is 0 Å². The molecule has 5 nitrogen and oxygen atoms in total. The second-order valence-corrected chi connectivity index (χ2v) is 4.67. The highest BCUT2D eigenvalue weighted by molar-refractivity contribution is 7.17. The van der Waals surface area contributed by atoms with Crippen LogP contribution >= 0.6 is 11.3 Å². The Bertz CT molecular complexity index is 363. The molecule has 1 aromatic rings. The Balaban J connectivity index is 2.38. The summed E-state index contributed by atoms with van der Waals surface area (Å²) in [5.41, 5.74) is 6.19. The SMILES string of the molecule is Cc1nc(N)sc1C(=O)NCCOC(C)C. The van der Waals surface area contributed by atoms with Gasteiger partial charge in [0.05, 0.1) is 18.4 Å². The number of anilines is 1. The highest BCUT2D eigenvalue weighted by Gasteiger charge is 2.13.